The highest BCUT2D eigenvalue weighted by Crippen LogP contribution is 2.46. The van der Waals surface area contributed by atoms with E-state index in [1.807, 2.05) is 6.07 Å². The Labute approximate surface area is 172 Å². The number of methoxy groups -OCH3 is 1. The Morgan fingerprint density at radius 2 is 2.03 bits per heavy atom. The molecule has 4 rings (SSSR count). The summed E-state index contributed by atoms with van der Waals surface area (Å²) in [6, 6.07) is 6.24. The van der Waals surface area contributed by atoms with Crippen molar-refractivity contribution in [1.82, 2.24) is 20.2 Å². The molecule has 0 radical (unpaired) electrons. The summed E-state index contributed by atoms with van der Waals surface area (Å²) in [6.07, 6.45) is 4.78. The zero-order chi connectivity index (χ0) is 21.1. The summed E-state index contributed by atoms with van der Waals surface area (Å²) in [7, 11) is 1.46. The number of nitrogens with two attached hydrogens (primary N) is 1. The van der Waals surface area contributed by atoms with Gasteiger partial charge in [0.1, 0.15) is 29.2 Å². The molecular weight excluding hydrogens is 389 g/mol. The number of rotatable bonds is 8. The average molecular weight is 409 g/mol. The van der Waals surface area contributed by atoms with Crippen molar-refractivity contribution in [1.29, 1.82) is 5.26 Å². The number of H-pyrrole nitrogens is 1. The van der Waals surface area contributed by atoms with Gasteiger partial charge in [0.05, 0.1) is 37.4 Å². The van der Waals surface area contributed by atoms with Crippen LogP contribution in [-0.2, 0) is 0 Å². The zero-order valence-electron chi connectivity index (χ0n) is 16.3. The van der Waals surface area contributed by atoms with Gasteiger partial charge in [0, 0.05) is 30.2 Å². The summed E-state index contributed by atoms with van der Waals surface area (Å²) < 4.78 is 25.5. The number of ether oxygens (including phenoxy) is 2. The van der Waals surface area contributed by atoms with Gasteiger partial charge in [-0.3, -0.25) is 5.10 Å². The van der Waals surface area contributed by atoms with Gasteiger partial charge < -0.3 is 20.5 Å². The highest BCUT2D eigenvalue weighted by atomic mass is 19.1. The first-order valence-corrected chi connectivity index (χ1v) is 9.31. The van der Waals surface area contributed by atoms with Crippen LogP contribution < -0.4 is 20.5 Å². The molecule has 0 amide bonds. The van der Waals surface area contributed by atoms with Gasteiger partial charge in [-0.15, -0.1) is 0 Å². The van der Waals surface area contributed by atoms with E-state index in [1.165, 1.54) is 31.6 Å². The minimum absolute atomic E-state index is 0.0359. The summed E-state index contributed by atoms with van der Waals surface area (Å²) >= 11 is 0. The second-order valence-electron chi connectivity index (χ2n) is 7.16. The molecule has 30 heavy (non-hydrogen) atoms. The fourth-order valence-corrected chi connectivity index (χ4v) is 3.01. The van der Waals surface area contributed by atoms with Crippen molar-refractivity contribution in [3.8, 4) is 28.8 Å². The largest absolute Gasteiger partial charge is 0.496 e. The highest BCUT2D eigenvalue weighted by Gasteiger charge is 2.42. The summed E-state index contributed by atoms with van der Waals surface area (Å²) in [6.45, 7) is 0.932. The van der Waals surface area contributed by atoms with Gasteiger partial charge in [-0.05, 0) is 12.8 Å². The van der Waals surface area contributed by atoms with Gasteiger partial charge in [-0.1, -0.05) is 0 Å². The number of benzene rings is 1. The van der Waals surface area contributed by atoms with Crippen LogP contribution in [0.4, 0.5) is 16.0 Å². The molecule has 0 aliphatic heterocycles. The molecule has 1 aliphatic rings. The van der Waals surface area contributed by atoms with Crippen molar-refractivity contribution >= 4 is 11.6 Å². The minimum Gasteiger partial charge on any atom is -0.496 e. The number of hydrogen-bond acceptors (Lipinski definition) is 8. The van der Waals surface area contributed by atoms with Crippen molar-refractivity contribution in [3.63, 3.8) is 0 Å². The molecule has 3 aromatic rings. The lowest BCUT2D eigenvalue weighted by atomic mass is 10.1. The molecule has 1 fully saturated rings. The number of nitrogens with zero attached hydrogens (tertiary/aromatic N) is 4. The second-order valence-corrected chi connectivity index (χ2v) is 7.16. The second kappa shape index (κ2) is 7.96. The van der Waals surface area contributed by atoms with Crippen LogP contribution >= 0.6 is 0 Å². The Morgan fingerprint density at radius 1 is 1.23 bits per heavy atom. The predicted octanol–water partition coefficient (Wildman–Crippen LogP) is 2.75. The van der Waals surface area contributed by atoms with E-state index >= 15 is 0 Å². The lowest BCUT2D eigenvalue weighted by Crippen LogP contribution is -2.23. The van der Waals surface area contributed by atoms with Crippen LogP contribution in [0.2, 0.25) is 0 Å². The lowest BCUT2D eigenvalue weighted by molar-refractivity contribution is 0.238. The van der Waals surface area contributed by atoms with Crippen molar-refractivity contribution in [2.24, 2.45) is 11.1 Å². The van der Waals surface area contributed by atoms with Crippen LogP contribution in [0, 0.1) is 22.6 Å². The van der Waals surface area contributed by atoms with Gasteiger partial charge in [0.15, 0.2) is 11.5 Å². The molecular formula is C20H20FN7O2. The van der Waals surface area contributed by atoms with E-state index in [1.54, 1.807) is 6.07 Å². The van der Waals surface area contributed by atoms with E-state index < -0.39 is 5.82 Å². The zero-order valence-corrected chi connectivity index (χ0v) is 16.3. The number of halogens is 1. The predicted molar refractivity (Wildman–Crippen MR) is 107 cm³/mol. The molecule has 0 atom stereocenters. The van der Waals surface area contributed by atoms with Crippen molar-refractivity contribution in [2.75, 3.05) is 25.6 Å². The summed E-state index contributed by atoms with van der Waals surface area (Å²) in [5.74, 6) is 1.08. The number of anilines is 2. The summed E-state index contributed by atoms with van der Waals surface area (Å²) in [5.41, 5.74) is 7.14. The number of aromatic amines is 1. The van der Waals surface area contributed by atoms with E-state index in [9.17, 15) is 4.39 Å². The molecule has 1 saturated carbocycles. The molecule has 0 spiro atoms. The molecule has 9 nitrogen and oxygen atoms in total. The van der Waals surface area contributed by atoms with Gasteiger partial charge in [-0.25, -0.2) is 14.4 Å². The lowest BCUT2D eigenvalue weighted by Gasteiger charge is -2.18. The Morgan fingerprint density at radius 3 is 2.67 bits per heavy atom. The van der Waals surface area contributed by atoms with Crippen LogP contribution in [0.25, 0.3) is 11.3 Å². The standard InChI is InChI=1S/C20H20FN7O2/c1-29-15-4-12(21)5-16(30-11-20(10-23)2-3-20)19(15)14-6-17(28-27-14)26-18-9-24-13(7-22)8-25-18/h4-6,8-9H,2-3,10-11,23H2,1H3,(H2,25,26,27,28). The van der Waals surface area contributed by atoms with Crippen LogP contribution in [0.1, 0.15) is 18.5 Å². The molecule has 1 aromatic carbocycles. The Hall–Kier alpha value is -3.71. The average Bonchev–Trinajstić information content (AvgIpc) is 3.42. The summed E-state index contributed by atoms with van der Waals surface area (Å²) in [4.78, 5) is 8.06. The fourth-order valence-electron chi connectivity index (χ4n) is 3.01. The third-order valence-electron chi connectivity index (χ3n) is 5.04. The fraction of sp³-hybridized carbons (Fsp3) is 0.300. The number of hydrogen-bond donors (Lipinski definition) is 3. The van der Waals surface area contributed by atoms with Gasteiger partial charge >= 0.3 is 0 Å². The van der Waals surface area contributed by atoms with E-state index in [2.05, 4.69) is 25.5 Å². The van der Waals surface area contributed by atoms with Crippen molar-refractivity contribution in [2.45, 2.75) is 12.8 Å². The first kappa shape index (κ1) is 19.6. The van der Waals surface area contributed by atoms with Crippen LogP contribution in [0.15, 0.2) is 30.6 Å². The Bertz CT molecular complexity index is 1090. The van der Waals surface area contributed by atoms with Crippen molar-refractivity contribution < 1.29 is 13.9 Å². The Balaban J connectivity index is 1.61. The van der Waals surface area contributed by atoms with Gasteiger partial charge in [-0.2, -0.15) is 10.4 Å². The van der Waals surface area contributed by atoms with Crippen LogP contribution in [0.3, 0.4) is 0 Å². The first-order chi connectivity index (χ1) is 14.6. The molecule has 0 saturated heterocycles. The molecule has 2 heterocycles. The van der Waals surface area contributed by atoms with Crippen molar-refractivity contribution in [3.05, 3.63) is 42.1 Å². The molecule has 0 unspecified atom stereocenters. The monoisotopic (exact) mass is 409 g/mol. The molecule has 4 N–H and O–H groups in total. The number of nitrogens with one attached hydrogen (secondary N) is 2. The maximum atomic E-state index is 14.1. The van der Waals surface area contributed by atoms with Crippen LogP contribution in [-0.4, -0.2) is 40.4 Å². The van der Waals surface area contributed by atoms with E-state index in [0.717, 1.165) is 12.8 Å². The van der Waals surface area contributed by atoms with Gasteiger partial charge in [0.25, 0.3) is 0 Å². The van der Waals surface area contributed by atoms with Gasteiger partial charge in [0.2, 0.25) is 0 Å². The number of aromatic nitrogens is 4. The SMILES string of the molecule is COc1cc(F)cc(OCC2(CN)CC2)c1-c1cc(Nc2cnc(C#N)cn2)n[nH]1. The summed E-state index contributed by atoms with van der Waals surface area (Å²) in [5, 5.41) is 18.9. The highest BCUT2D eigenvalue weighted by molar-refractivity contribution is 5.76. The maximum absolute atomic E-state index is 14.1. The third-order valence-corrected chi connectivity index (χ3v) is 5.04. The minimum atomic E-state index is -0.464. The molecule has 10 heteroatoms. The smallest absolute Gasteiger partial charge is 0.158 e. The molecule has 2 aromatic heterocycles. The Kier molecular flexibility index (Phi) is 5.20. The maximum Gasteiger partial charge on any atom is 0.158 e. The van der Waals surface area contributed by atoms with E-state index in [4.69, 9.17) is 20.5 Å². The van der Waals surface area contributed by atoms with E-state index in [-0.39, 0.29) is 11.1 Å². The van der Waals surface area contributed by atoms with Crippen LogP contribution in [0.5, 0.6) is 11.5 Å². The molecule has 154 valence electrons. The molecule has 1 aliphatic carbocycles. The quantitative estimate of drug-likeness (QED) is 0.517. The topological polar surface area (TPSA) is 135 Å². The molecule has 0 bridgehead atoms. The van der Waals surface area contributed by atoms with E-state index in [0.29, 0.717) is 47.5 Å². The first-order valence-electron chi connectivity index (χ1n) is 9.31. The third kappa shape index (κ3) is 4.01. The number of nitriles is 1. The normalized spacial score (nSPS) is 14.1.